The molecule has 8 nitrogen and oxygen atoms in total. The number of nitrogens with zero attached hydrogens (tertiary/aromatic N) is 6. The lowest BCUT2D eigenvalue weighted by atomic mass is 10.1. The molecule has 0 aliphatic rings. The van der Waals surface area contributed by atoms with Crippen molar-refractivity contribution >= 4 is 33.6 Å². The molecule has 8 heteroatoms. The van der Waals surface area contributed by atoms with Gasteiger partial charge in [-0.05, 0) is 61.2 Å². The first kappa shape index (κ1) is 19.9. The fourth-order valence-corrected chi connectivity index (χ4v) is 3.98. The molecule has 0 amide bonds. The number of nitrogens with two attached hydrogens (primary N) is 1. The highest BCUT2D eigenvalue weighted by Gasteiger charge is 2.11. The van der Waals surface area contributed by atoms with E-state index in [0.29, 0.717) is 24.6 Å². The standard InChI is InChI=1S/C24H24N8/c1-14-4-5-18-8-17(9-26-21(18)6-14)11-32-12-20-23(28-13-29-24(20)31-32)27-10-19-15(2)7-22(25)30-16(19)3/h4-9,12-13H,10-11H2,1-3H3,(H2,25,30)(H,27,28,29,31). The molecule has 0 fully saturated rings. The Balaban J connectivity index is 1.40. The number of benzene rings is 1. The van der Waals surface area contributed by atoms with Crippen LogP contribution in [-0.2, 0) is 13.1 Å². The van der Waals surface area contributed by atoms with Crippen LogP contribution in [0.1, 0.15) is 27.9 Å². The van der Waals surface area contributed by atoms with Gasteiger partial charge in [0.05, 0.1) is 17.4 Å². The highest BCUT2D eigenvalue weighted by Crippen LogP contribution is 2.22. The van der Waals surface area contributed by atoms with Crippen LogP contribution in [0.3, 0.4) is 0 Å². The molecular weight excluding hydrogens is 400 g/mol. The summed E-state index contributed by atoms with van der Waals surface area (Å²) in [6.07, 6.45) is 5.40. The molecule has 1 aromatic carbocycles. The van der Waals surface area contributed by atoms with E-state index < -0.39 is 0 Å². The van der Waals surface area contributed by atoms with Crippen LogP contribution >= 0.6 is 0 Å². The molecule has 3 N–H and O–H groups in total. The second-order valence-corrected chi connectivity index (χ2v) is 8.11. The fraction of sp³-hybridized carbons (Fsp3) is 0.208. The number of nitrogens with one attached hydrogen (secondary N) is 1. The van der Waals surface area contributed by atoms with Gasteiger partial charge in [-0.25, -0.2) is 15.0 Å². The van der Waals surface area contributed by atoms with E-state index in [2.05, 4.69) is 61.5 Å². The molecule has 0 saturated heterocycles. The van der Waals surface area contributed by atoms with E-state index in [4.69, 9.17) is 5.73 Å². The molecular formula is C24H24N8. The molecule has 0 unspecified atom stereocenters. The minimum Gasteiger partial charge on any atom is -0.384 e. The minimum absolute atomic E-state index is 0.535. The van der Waals surface area contributed by atoms with E-state index in [1.165, 1.54) is 11.9 Å². The number of fused-ring (bicyclic) bond motifs is 2. The molecule has 0 aliphatic heterocycles. The van der Waals surface area contributed by atoms with Gasteiger partial charge in [-0.1, -0.05) is 12.1 Å². The topological polar surface area (TPSA) is 107 Å². The van der Waals surface area contributed by atoms with Crippen LogP contribution in [0.4, 0.5) is 11.6 Å². The van der Waals surface area contributed by atoms with E-state index in [1.807, 2.05) is 37.0 Å². The summed E-state index contributed by atoms with van der Waals surface area (Å²) < 4.78 is 1.88. The summed E-state index contributed by atoms with van der Waals surface area (Å²) >= 11 is 0. The molecule has 4 aromatic heterocycles. The van der Waals surface area contributed by atoms with Gasteiger partial charge in [-0.15, -0.1) is 0 Å². The van der Waals surface area contributed by atoms with Crippen molar-refractivity contribution < 1.29 is 0 Å². The van der Waals surface area contributed by atoms with Crippen LogP contribution in [0, 0.1) is 20.8 Å². The SMILES string of the molecule is Cc1ccc2cc(Cn3cc4c(NCc5c(C)cc(N)nc5C)ncnc4n3)cnc2c1. The summed E-state index contributed by atoms with van der Waals surface area (Å²) in [4.78, 5) is 17.7. The second kappa shape index (κ2) is 7.88. The summed E-state index contributed by atoms with van der Waals surface area (Å²) in [6, 6.07) is 10.3. The van der Waals surface area contributed by atoms with Gasteiger partial charge in [0, 0.05) is 30.0 Å². The normalized spacial score (nSPS) is 11.3. The fourth-order valence-electron chi connectivity index (χ4n) is 3.98. The van der Waals surface area contributed by atoms with Gasteiger partial charge in [0.25, 0.3) is 0 Å². The number of aryl methyl sites for hydroxylation is 3. The van der Waals surface area contributed by atoms with E-state index in [9.17, 15) is 0 Å². The number of aromatic nitrogens is 6. The van der Waals surface area contributed by atoms with E-state index in [0.717, 1.165) is 44.5 Å². The maximum atomic E-state index is 5.85. The third-order valence-electron chi connectivity index (χ3n) is 5.61. The average molecular weight is 425 g/mol. The van der Waals surface area contributed by atoms with Gasteiger partial charge in [-0.3, -0.25) is 9.67 Å². The Morgan fingerprint density at radius 3 is 2.75 bits per heavy atom. The van der Waals surface area contributed by atoms with E-state index in [1.54, 1.807) is 0 Å². The average Bonchev–Trinajstić information content (AvgIpc) is 3.16. The minimum atomic E-state index is 0.535. The Morgan fingerprint density at radius 2 is 1.91 bits per heavy atom. The maximum absolute atomic E-state index is 5.85. The van der Waals surface area contributed by atoms with Crippen molar-refractivity contribution in [2.24, 2.45) is 0 Å². The predicted octanol–water partition coefficient (Wildman–Crippen LogP) is 3.94. The maximum Gasteiger partial charge on any atom is 0.186 e. The Morgan fingerprint density at radius 1 is 1.03 bits per heavy atom. The van der Waals surface area contributed by atoms with Crippen LogP contribution in [0.2, 0.25) is 0 Å². The highest BCUT2D eigenvalue weighted by molar-refractivity contribution is 5.85. The van der Waals surface area contributed by atoms with Gasteiger partial charge < -0.3 is 11.1 Å². The van der Waals surface area contributed by atoms with Gasteiger partial charge in [0.15, 0.2) is 5.65 Å². The number of hydrogen-bond donors (Lipinski definition) is 2. The quantitative estimate of drug-likeness (QED) is 0.440. The number of hydrogen-bond acceptors (Lipinski definition) is 7. The third kappa shape index (κ3) is 3.82. The number of anilines is 2. The molecule has 160 valence electrons. The Labute approximate surface area is 185 Å². The molecule has 0 bridgehead atoms. The third-order valence-corrected chi connectivity index (χ3v) is 5.61. The van der Waals surface area contributed by atoms with Crippen LogP contribution in [0.15, 0.2) is 49.1 Å². The lowest BCUT2D eigenvalue weighted by molar-refractivity contribution is 0.692. The molecule has 4 heterocycles. The van der Waals surface area contributed by atoms with Gasteiger partial charge in [0.2, 0.25) is 0 Å². The zero-order valence-corrected chi connectivity index (χ0v) is 18.3. The molecule has 5 rings (SSSR count). The monoisotopic (exact) mass is 424 g/mol. The predicted molar refractivity (Wildman–Crippen MR) is 126 cm³/mol. The number of rotatable bonds is 5. The van der Waals surface area contributed by atoms with Crippen molar-refractivity contribution in [3.05, 3.63) is 77.0 Å². The summed E-state index contributed by atoms with van der Waals surface area (Å²) in [5, 5.41) is 10.0. The van der Waals surface area contributed by atoms with Crippen molar-refractivity contribution in [3.8, 4) is 0 Å². The first-order valence-corrected chi connectivity index (χ1v) is 10.5. The van der Waals surface area contributed by atoms with Crippen LogP contribution in [0.25, 0.3) is 21.9 Å². The first-order valence-electron chi connectivity index (χ1n) is 10.5. The van der Waals surface area contributed by atoms with Crippen molar-refractivity contribution in [1.29, 1.82) is 0 Å². The van der Waals surface area contributed by atoms with Gasteiger partial charge in [-0.2, -0.15) is 5.10 Å². The molecule has 32 heavy (non-hydrogen) atoms. The van der Waals surface area contributed by atoms with Crippen LogP contribution in [0.5, 0.6) is 0 Å². The number of pyridine rings is 2. The first-order chi connectivity index (χ1) is 15.5. The molecule has 0 spiro atoms. The zero-order chi connectivity index (χ0) is 22.2. The lowest BCUT2D eigenvalue weighted by Crippen LogP contribution is -2.08. The lowest BCUT2D eigenvalue weighted by Gasteiger charge is -2.12. The summed E-state index contributed by atoms with van der Waals surface area (Å²) in [7, 11) is 0. The van der Waals surface area contributed by atoms with Crippen molar-refractivity contribution in [2.45, 2.75) is 33.9 Å². The molecule has 0 aliphatic carbocycles. The summed E-state index contributed by atoms with van der Waals surface area (Å²) in [5.41, 5.74) is 12.9. The highest BCUT2D eigenvalue weighted by atomic mass is 15.3. The molecule has 0 saturated carbocycles. The number of nitrogen functional groups attached to an aromatic ring is 1. The van der Waals surface area contributed by atoms with Crippen LogP contribution < -0.4 is 11.1 Å². The van der Waals surface area contributed by atoms with Crippen LogP contribution in [-0.4, -0.2) is 29.7 Å². The van der Waals surface area contributed by atoms with E-state index in [-0.39, 0.29) is 0 Å². The van der Waals surface area contributed by atoms with Crippen molar-refractivity contribution in [1.82, 2.24) is 29.7 Å². The molecule has 0 radical (unpaired) electrons. The van der Waals surface area contributed by atoms with Crippen molar-refractivity contribution in [3.63, 3.8) is 0 Å². The summed E-state index contributed by atoms with van der Waals surface area (Å²) in [6.45, 7) is 7.27. The second-order valence-electron chi connectivity index (χ2n) is 8.11. The largest absolute Gasteiger partial charge is 0.384 e. The van der Waals surface area contributed by atoms with Crippen molar-refractivity contribution in [2.75, 3.05) is 11.1 Å². The Hall–Kier alpha value is -4.07. The summed E-state index contributed by atoms with van der Waals surface area (Å²) in [5.74, 6) is 1.27. The Bertz CT molecular complexity index is 1430. The van der Waals surface area contributed by atoms with Gasteiger partial charge in [0.1, 0.15) is 18.0 Å². The zero-order valence-electron chi connectivity index (χ0n) is 18.3. The smallest absolute Gasteiger partial charge is 0.186 e. The van der Waals surface area contributed by atoms with Gasteiger partial charge >= 0.3 is 0 Å². The Kier molecular flexibility index (Phi) is 4.89. The van der Waals surface area contributed by atoms with E-state index >= 15 is 0 Å². The molecule has 0 atom stereocenters. The molecule has 5 aromatic rings.